The Hall–Kier alpha value is -0.940. The van der Waals surface area contributed by atoms with Crippen LogP contribution in [-0.4, -0.2) is 9.55 Å². The highest BCUT2D eigenvalue weighted by atomic mass is 32.1. The molecule has 2 aromatic rings. The molecule has 2 aliphatic carbocycles. The Morgan fingerprint density at radius 3 is 2.68 bits per heavy atom. The van der Waals surface area contributed by atoms with Gasteiger partial charge in [0, 0.05) is 6.54 Å². The van der Waals surface area contributed by atoms with Gasteiger partial charge in [-0.05, 0) is 67.1 Å². The zero-order valence-corrected chi connectivity index (χ0v) is 12.2. The first-order valence-electron chi connectivity index (χ1n) is 6.94. The molecule has 2 heterocycles. The van der Waals surface area contributed by atoms with E-state index in [1.807, 2.05) is 11.4 Å². The first kappa shape index (κ1) is 11.9. The van der Waals surface area contributed by atoms with E-state index in [0.717, 1.165) is 28.6 Å². The quantitative estimate of drug-likeness (QED) is 0.875. The largest absolute Gasteiger partial charge is 0.331 e. The van der Waals surface area contributed by atoms with Gasteiger partial charge in [-0.3, -0.25) is 9.36 Å². The number of aromatic amines is 1. The van der Waals surface area contributed by atoms with Gasteiger partial charge in [-0.15, -0.1) is 11.3 Å². The molecule has 3 nitrogen and oxygen atoms in total. The SMILES string of the molecule is O=c1c2sccc2[nH]c(=S)n1CC(C1CC1)C1CC1. The highest BCUT2D eigenvalue weighted by molar-refractivity contribution is 7.71. The van der Waals surface area contributed by atoms with Crippen molar-refractivity contribution in [1.82, 2.24) is 9.55 Å². The normalized spacial score (nSPS) is 19.4. The van der Waals surface area contributed by atoms with Crippen LogP contribution in [-0.2, 0) is 6.54 Å². The molecule has 1 N–H and O–H groups in total. The fourth-order valence-corrected chi connectivity index (χ4v) is 4.14. The fourth-order valence-electron chi connectivity index (χ4n) is 3.08. The number of hydrogen-bond acceptors (Lipinski definition) is 3. The Labute approximate surface area is 120 Å². The predicted octanol–water partition coefficient (Wildman–Crippen LogP) is 3.56. The smallest absolute Gasteiger partial charge is 0.272 e. The van der Waals surface area contributed by atoms with Gasteiger partial charge in [-0.1, -0.05) is 0 Å². The molecule has 0 bridgehead atoms. The van der Waals surface area contributed by atoms with Crippen molar-refractivity contribution in [1.29, 1.82) is 0 Å². The molecular weight excluding hydrogens is 276 g/mol. The van der Waals surface area contributed by atoms with Gasteiger partial charge in [0.1, 0.15) is 4.70 Å². The topological polar surface area (TPSA) is 37.8 Å². The van der Waals surface area contributed by atoms with Gasteiger partial charge in [0.05, 0.1) is 5.52 Å². The summed E-state index contributed by atoms with van der Waals surface area (Å²) in [6.07, 6.45) is 5.36. The van der Waals surface area contributed by atoms with Crippen LogP contribution in [0.2, 0.25) is 0 Å². The van der Waals surface area contributed by atoms with Crippen LogP contribution in [0.5, 0.6) is 0 Å². The zero-order chi connectivity index (χ0) is 13.0. The molecule has 0 unspecified atom stereocenters. The molecule has 2 saturated carbocycles. The molecule has 2 fully saturated rings. The summed E-state index contributed by atoms with van der Waals surface area (Å²) in [5.41, 5.74) is 0.977. The van der Waals surface area contributed by atoms with E-state index in [1.165, 1.54) is 37.0 Å². The van der Waals surface area contributed by atoms with E-state index in [4.69, 9.17) is 12.2 Å². The average Bonchev–Trinajstić information content (AvgIpc) is 3.29. The number of thiophene rings is 1. The molecule has 0 atom stereocenters. The number of aromatic nitrogens is 2. The third-order valence-electron chi connectivity index (χ3n) is 4.44. The second-order valence-corrected chi connectivity index (χ2v) is 7.15. The lowest BCUT2D eigenvalue weighted by atomic mass is 9.98. The summed E-state index contributed by atoms with van der Waals surface area (Å²) >= 11 is 6.88. The van der Waals surface area contributed by atoms with E-state index in [1.54, 1.807) is 4.57 Å². The third kappa shape index (κ3) is 2.09. The molecule has 4 rings (SSSR count). The Kier molecular flexibility index (Phi) is 2.67. The van der Waals surface area contributed by atoms with Crippen molar-refractivity contribution in [2.75, 3.05) is 0 Å². The van der Waals surface area contributed by atoms with E-state index >= 15 is 0 Å². The van der Waals surface area contributed by atoms with Gasteiger partial charge < -0.3 is 4.98 Å². The number of H-pyrrole nitrogens is 1. The van der Waals surface area contributed by atoms with Crippen LogP contribution >= 0.6 is 23.6 Å². The second-order valence-electron chi connectivity index (χ2n) is 5.85. The summed E-state index contributed by atoms with van der Waals surface area (Å²) in [6.45, 7) is 0.817. The maximum absolute atomic E-state index is 12.5. The summed E-state index contributed by atoms with van der Waals surface area (Å²) in [5.74, 6) is 2.35. The Bertz CT molecular complexity index is 722. The number of nitrogens with one attached hydrogen (secondary N) is 1. The Morgan fingerprint density at radius 2 is 2.05 bits per heavy atom. The van der Waals surface area contributed by atoms with Crippen molar-refractivity contribution in [3.63, 3.8) is 0 Å². The van der Waals surface area contributed by atoms with E-state index in [0.29, 0.717) is 10.7 Å². The molecular formula is C14H16N2OS2. The minimum atomic E-state index is 0.0973. The van der Waals surface area contributed by atoms with Crippen LogP contribution in [0.4, 0.5) is 0 Å². The van der Waals surface area contributed by atoms with Crippen molar-refractivity contribution >= 4 is 33.8 Å². The molecule has 0 aliphatic heterocycles. The highest BCUT2D eigenvalue weighted by Crippen LogP contribution is 2.49. The number of rotatable bonds is 4. The van der Waals surface area contributed by atoms with Crippen LogP contribution in [0.15, 0.2) is 16.2 Å². The Balaban J connectivity index is 1.77. The van der Waals surface area contributed by atoms with Gasteiger partial charge in [-0.25, -0.2) is 0 Å². The lowest BCUT2D eigenvalue weighted by molar-refractivity contribution is 0.342. The van der Waals surface area contributed by atoms with E-state index in [2.05, 4.69) is 4.98 Å². The summed E-state index contributed by atoms with van der Waals surface area (Å²) in [4.78, 5) is 15.7. The fraction of sp³-hybridized carbons (Fsp3) is 0.571. The van der Waals surface area contributed by atoms with Crippen LogP contribution in [0.1, 0.15) is 25.7 Å². The minimum absolute atomic E-state index is 0.0973. The Morgan fingerprint density at radius 1 is 1.37 bits per heavy atom. The third-order valence-corrected chi connectivity index (χ3v) is 5.66. The average molecular weight is 292 g/mol. The van der Waals surface area contributed by atoms with Gasteiger partial charge in [0.15, 0.2) is 4.77 Å². The first-order valence-corrected chi connectivity index (χ1v) is 8.23. The minimum Gasteiger partial charge on any atom is -0.331 e. The monoisotopic (exact) mass is 292 g/mol. The number of hydrogen-bond donors (Lipinski definition) is 1. The lowest BCUT2D eigenvalue weighted by Crippen LogP contribution is -2.27. The molecule has 0 saturated heterocycles. The van der Waals surface area contributed by atoms with Crippen LogP contribution in [0.25, 0.3) is 10.2 Å². The lowest BCUT2D eigenvalue weighted by Gasteiger charge is -2.17. The standard InChI is InChI=1S/C14H16N2OS2/c17-13-12-11(5-6-19-12)15-14(18)16(13)7-10(8-1-2-8)9-3-4-9/h5-6,8-10H,1-4,7H2,(H,15,18). The maximum Gasteiger partial charge on any atom is 0.272 e. The number of fused-ring (bicyclic) bond motifs is 1. The molecule has 0 amide bonds. The van der Waals surface area contributed by atoms with Gasteiger partial charge in [-0.2, -0.15) is 0 Å². The van der Waals surface area contributed by atoms with E-state index in [9.17, 15) is 4.79 Å². The van der Waals surface area contributed by atoms with Crippen molar-refractivity contribution in [2.45, 2.75) is 32.2 Å². The first-order chi connectivity index (χ1) is 9.24. The summed E-state index contributed by atoms with van der Waals surface area (Å²) in [5, 5.41) is 1.95. The molecule has 0 spiro atoms. The molecule has 2 aromatic heterocycles. The van der Waals surface area contributed by atoms with Crippen LogP contribution in [0, 0.1) is 22.5 Å². The second kappa shape index (κ2) is 4.28. The van der Waals surface area contributed by atoms with Crippen molar-refractivity contribution in [2.24, 2.45) is 17.8 Å². The molecule has 100 valence electrons. The molecule has 0 radical (unpaired) electrons. The predicted molar refractivity (Wildman–Crippen MR) is 80.2 cm³/mol. The summed E-state index contributed by atoms with van der Waals surface area (Å²) in [7, 11) is 0. The van der Waals surface area contributed by atoms with Crippen molar-refractivity contribution in [3.05, 3.63) is 26.6 Å². The van der Waals surface area contributed by atoms with E-state index < -0.39 is 0 Å². The maximum atomic E-state index is 12.5. The molecule has 2 aliphatic rings. The summed E-state index contributed by atoms with van der Waals surface area (Å²) < 4.78 is 3.19. The van der Waals surface area contributed by atoms with Gasteiger partial charge >= 0.3 is 0 Å². The van der Waals surface area contributed by atoms with Gasteiger partial charge in [0.2, 0.25) is 0 Å². The van der Waals surface area contributed by atoms with Crippen molar-refractivity contribution in [3.8, 4) is 0 Å². The van der Waals surface area contributed by atoms with Crippen molar-refractivity contribution < 1.29 is 0 Å². The number of nitrogens with zero attached hydrogens (tertiary/aromatic N) is 1. The van der Waals surface area contributed by atoms with E-state index in [-0.39, 0.29) is 5.56 Å². The van der Waals surface area contributed by atoms with Crippen LogP contribution in [0.3, 0.4) is 0 Å². The molecule has 19 heavy (non-hydrogen) atoms. The van der Waals surface area contributed by atoms with Crippen LogP contribution < -0.4 is 5.56 Å². The zero-order valence-electron chi connectivity index (χ0n) is 10.6. The molecule has 5 heteroatoms. The van der Waals surface area contributed by atoms with Gasteiger partial charge in [0.25, 0.3) is 5.56 Å². The molecule has 0 aromatic carbocycles. The summed E-state index contributed by atoms with van der Waals surface area (Å²) in [6, 6.07) is 1.93. The highest BCUT2D eigenvalue weighted by Gasteiger charge is 2.41.